The number of unbranched alkanes of at least 4 members (excludes halogenated alkanes) is 1. The average Bonchev–Trinajstić information content (AvgIpc) is 2.76. The van der Waals surface area contributed by atoms with Gasteiger partial charge in [0.15, 0.2) is 0 Å². The third-order valence-corrected chi connectivity index (χ3v) is 4.66. The van der Waals surface area contributed by atoms with E-state index in [-0.39, 0.29) is 6.61 Å². The minimum atomic E-state index is -0.481. The van der Waals surface area contributed by atoms with Crippen molar-refractivity contribution in [2.75, 3.05) is 6.61 Å². The molecule has 1 heterocycles. The van der Waals surface area contributed by atoms with Gasteiger partial charge in [-0.25, -0.2) is 14.2 Å². The van der Waals surface area contributed by atoms with E-state index in [9.17, 15) is 14.0 Å². The lowest BCUT2D eigenvalue weighted by Gasteiger charge is -2.12. The molecule has 1 aromatic heterocycles. The molecule has 0 aliphatic heterocycles. The normalized spacial score (nSPS) is 11.1. The number of nitrogens with zero attached hydrogens (tertiary/aromatic N) is 1. The number of fused-ring (bicyclic) bond motifs is 1. The van der Waals surface area contributed by atoms with Crippen LogP contribution < -0.4 is 0 Å². The van der Waals surface area contributed by atoms with Crippen LogP contribution in [0.25, 0.3) is 28.1 Å². The van der Waals surface area contributed by atoms with Crippen LogP contribution in [0.2, 0.25) is 0 Å². The van der Waals surface area contributed by atoms with Crippen molar-refractivity contribution >= 4 is 28.8 Å². The number of hydrogen-bond donors (Lipinski definition) is 0. The Morgan fingerprint density at radius 2 is 1.90 bits per heavy atom. The van der Waals surface area contributed by atoms with E-state index in [1.54, 1.807) is 6.07 Å². The first-order valence-electron chi connectivity index (χ1n) is 10.1. The van der Waals surface area contributed by atoms with Crippen molar-refractivity contribution in [3.63, 3.8) is 0 Å². The first-order valence-corrected chi connectivity index (χ1v) is 10.1. The summed E-state index contributed by atoms with van der Waals surface area (Å²) in [5, 5.41) is 1.78. The number of carbonyl (C=O) groups is 2. The Hall–Kier alpha value is -3.54. The van der Waals surface area contributed by atoms with E-state index in [0.717, 1.165) is 23.6 Å². The molecule has 0 spiro atoms. The van der Waals surface area contributed by atoms with Gasteiger partial charge in [-0.1, -0.05) is 37.6 Å². The van der Waals surface area contributed by atoms with E-state index < -0.39 is 17.8 Å². The minimum absolute atomic E-state index is 0.0276. The number of esters is 2. The molecule has 5 nitrogen and oxygen atoms in total. The highest BCUT2D eigenvalue weighted by molar-refractivity contribution is 5.91. The molecule has 0 saturated heterocycles. The molecule has 0 unspecified atom stereocenters. The summed E-state index contributed by atoms with van der Waals surface area (Å²) in [7, 11) is 0. The fourth-order valence-electron chi connectivity index (χ4n) is 3.12. The molecule has 31 heavy (non-hydrogen) atoms. The topological polar surface area (TPSA) is 65.5 Å². The molecule has 0 saturated carbocycles. The lowest BCUT2D eigenvalue weighted by molar-refractivity contribution is -0.142. The summed E-state index contributed by atoms with van der Waals surface area (Å²) in [5.41, 5.74) is 2.32. The van der Waals surface area contributed by atoms with Crippen molar-refractivity contribution in [1.29, 1.82) is 0 Å². The summed E-state index contributed by atoms with van der Waals surface area (Å²) in [4.78, 5) is 27.9. The van der Waals surface area contributed by atoms with Crippen LogP contribution >= 0.6 is 0 Å². The molecule has 0 N–H and O–H groups in total. The van der Waals surface area contributed by atoms with Gasteiger partial charge in [-0.15, -0.1) is 0 Å². The molecule has 3 aromatic rings. The number of hydrogen-bond acceptors (Lipinski definition) is 5. The zero-order valence-corrected chi connectivity index (χ0v) is 17.6. The van der Waals surface area contributed by atoms with Gasteiger partial charge in [0, 0.05) is 23.9 Å². The Morgan fingerprint density at radius 3 is 2.68 bits per heavy atom. The highest BCUT2D eigenvalue weighted by Gasteiger charge is 2.12. The molecule has 0 aliphatic carbocycles. The second-order valence-corrected chi connectivity index (χ2v) is 7.04. The van der Waals surface area contributed by atoms with Crippen LogP contribution in [0.3, 0.4) is 0 Å². The number of aromatic nitrogens is 1. The second-order valence-electron chi connectivity index (χ2n) is 7.04. The van der Waals surface area contributed by atoms with Crippen LogP contribution in [0, 0.1) is 5.82 Å². The van der Waals surface area contributed by atoms with Crippen LogP contribution in [0.4, 0.5) is 4.39 Å². The summed E-state index contributed by atoms with van der Waals surface area (Å²) in [5.74, 6) is -1.31. The van der Waals surface area contributed by atoms with Crippen molar-refractivity contribution in [3.05, 3.63) is 71.7 Å². The summed E-state index contributed by atoms with van der Waals surface area (Å²) in [6.45, 7) is 3.73. The largest absolute Gasteiger partial charge is 0.463 e. The molecule has 3 rings (SSSR count). The van der Waals surface area contributed by atoms with Gasteiger partial charge >= 0.3 is 11.9 Å². The molecule has 6 heteroatoms. The maximum atomic E-state index is 13.9. The number of rotatable bonds is 8. The summed E-state index contributed by atoms with van der Waals surface area (Å²) < 4.78 is 24.2. The van der Waals surface area contributed by atoms with Gasteiger partial charge in [-0.05, 0) is 47.7 Å². The van der Waals surface area contributed by atoms with Crippen LogP contribution in [0.15, 0.2) is 54.6 Å². The number of benzene rings is 2. The lowest BCUT2D eigenvalue weighted by Crippen LogP contribution is -2.03. The molecule has 0 bridgehead atoms. The highest BCUT2D eigenvalue weighted by Crippen LogP contribution is 2.29. The molecule has 0 aliphatic rings. The molecule has 160 valence electrons. The fourth-order valence-corrected chi connectivity index (χ4v) is 3.12. The zero-order chi connectivity index (χ0) is 22.2. The Bertz CT molecular complexity index is 1120. The van der Waals surface area contributed by atoms with Gasteiger partial charge in [0.05, 0.1) is 18.0 Å². The van der Waals surface area contributed by atoms with Crippen molar-refractivity contribution in [2.45, 2.75) is 33.3 Å². The van der Waals surface area contributed by atoms with E-state index in [0.29, 0.717) is 29.1 Å². The van der Waals surface area contributed by atoms with Crippen LogP contribution in [-0.2, 0) is 25.7 Å². The molecule has 0 fully saturated rings. The Balaban J connectivity index is 2.00. The maximum Gasteiger partial charge on any atom is 0.330 e. The number of halogens is 1. The fraction of sp³-hybridized carbons (Fsp3) is 0.240. The first-order chi connectivity index (χ1) is 15.0. The third-order valence-electron chi connectivity index (χ3n) is 4.66. The van der Waals surface area contributed by atoms with E-state index in [4.69, 9.17) is 9.47 Å². The predicted octanol–water partition coefficient (Wildman–Crippen LogP) is 5.46. The summed E-state index contributed by atoms with van der Waals surface area (Å²) >= 11 is 0. The predicted molar refractivity (Wildman–Crippen MR) is 118 cm³/mol. The first kappa shape index (κ1) is 22.2. The second kappa shape index (κ2) is 10.5. The molecular formula is C25H24FNO4. The zero-order valence-electron chi connectivity index (χ0n) is 17.6. The molecule has 0 radical (unpaired) electrons. The van der Waals surface area contributed by atoms with Gasteiger partial charge in [-0.2, -0.15) is 0 Å². The van der Waals surface area contributed by atoms with Crippen molar-refractivity contribution < 1.29 is 23.5 Å². The maximum absolute atomic E-state index is 13.9. The van der Waals surface area contributed by atoms with E-state index in [2.05, 4.69) is 4.98 Å². The van der Waals surface area contributed by atoms with Gasteiger partial charge in [0.2, 0.25) is 0 Å². The molecule has 0 atom stereocenters. The Labute approximate surface area is 180 Å². The quantitative estimate of drug-likeness (QED) is 0.274. The molecular weight excluding hydrogens is 397 g/mol. The summed E-state index contributed by atoms with van der Waals surface area (Å²) in [6.07, 6.45) is 4.52. The Kier molecular flexibility index (Phi) is 7.49. The molecule has 2 aromatic carbocycles. The van der Waals surface area contributed by atoms with Crippen molar-refractivity contribution in [2.24, 2.45) is 0 Å². The van der Waals surface area contributed by atoms with E-state index in [1.165, 1.54) is 31.2 Å². The van der Waals surface area contributed by atoms with E-state index >= 15 is 0 Å². The number of pyridine rings is 1. The number of carbonyl (C=O) groups excluding carboxylic acids is 2. The van der Waals surface area contributed by atoms with Gasteiger partial charge in [0.1, 0.15) is 12.4 Å². The van der Waals surface area contributed by atoms with Crippen LogP contribution in [0.5, 0.6) is 0 Å². The van der Waals surface area contributed by atoms with Crippen molar-refractivity contribution in [1.82, 2.24) is 4.98 Å². The lowest BCUT2D eigenvalue weighted by atomic mass is 10.0. The van der Waals surface area contributed by atoms with Gasteiger partial charge in [0.25, 0.3) is 0 Å². The van der Waals surface area contributed by atoms with Crippen LogP contribution in [-0.4, -0.2) is 23.5 Å². The average molecular weight is 421 g/mol. The van der Waals surface area contributed by atoms with Gasteiger partial charge < -0.3 is 9.47 Å². The van der Waals surface area contributed by atoms with Gasteiger partial charge in [-0.3, -0.25) is 4.79 Å². The standard InChI is InChI=1S/C25H24FNO4/c1-3-4-13-30-25(29)12-9-19-14-20(26)10-11-22(19)23-15-18-7-5-6-8-21(18)24(27-23)16-31-17(2)28/h5-12,14-15H,3-4,13,16H2,1-2H3/b12-9+. The SMILES string of the molecule is CCCCOC(=O)/C=C/c1cc(F)ccc1-c1cc2ccccc2c(COC(C)=O)n1. The minimum Gasteiger partial charge on any atom is -0.463 e. The van der Waals surface area contributed by atoms with Crippen molar-refractivity contribution in [3.8, 4) is 11.3 Å². The van der Waals surface area contributed by atoms with E-state index in [1.807, 2.05) is 37.3 Å². The smallest absolute Gasteiger partial charge is 0.330 e. The Morgan fingerprint density at radius 1 is 1.10 bits per heavy atom. The highest BCUT2D eigenvalue weighted by atomic mass is 19.1. The third kappa shape index (κ3) is 5.98. The van der Waals surface area contributed by atoms with Crippen LogP contribution in [0.1, 0.15) is 37.9 Å². The monoisotopic (exact) mass is 421 g/mol. The molecule has 0 amide bonds. The number of ether oxygens (including phenoxy) is 2. The summed E-state index contributed by atoms with van der Waals surface area (Å²) in [6, 6.07) is 13.8.